The van der Waals surface area contributed by atoms with Crippen LogP contribution in [0.2, 0.25) is 0 Å². The van der Waals surface area contributed by atoms with E-state index in [1.165, 1.54) is 0 Å². The van der Waals surface area contributed by atoms with Crippen LogP contribution in [-0.2, 0) is 15.5 Å². The molecule has 0 amide bonds. The maximum Gasteiger partial charge on any atom is 0.333 e. The number of hydrogen-bond donors (Lipinski definition) is 3. The summed E-state index contributed by atoms with van der Waals surface area (Å²) in [6, 6.07) is 17.9. The highest BCUT2D eigenvalue weighted by atomic mass is 31.2. The molecule has 3 unspecified atom stereocenters. The summed E-state index contributed by atoms with van der Waals surface area (Å²) in [4.78, 5) is 22.3. The van der Waals surface area contributed by atoms with Gasteiger partial charge in [-0.3, -0.25) is 4.57 Å². The SMILES string of the molecule is CC(CC(N)(C(=O)O)P(=O)(O)Cc1ccccc1)c1ccccc1. The van der Waals surface area contributed by atoms with Crippen molar-refractivity contribution in [1.82, 2.24) is 0 Å². The molecule has 5 nitrogen and oxygen atoms in total. The summed E-state index contributed by atoms with van der Waals surface area (Å²) in [6.07, 6.45) is -0.384. The summed E-state index contributed by atoms with van der Waals surface area (Å²) >= 11 is 0. The standard InChI is InChI=1S/C18H22NO4P/c1-14(16-10-6-3-7-11-16)12-18(19,17(20)21)24(22,23)13-15-8-4-2-5-9-15/h2-11,14H,12-13,19H2,1H3,(H,20,21)(H,22,23). The van der Waals surface area contributed by atoms with Crippen molar-refractivity contribution < 1.29 is 19.4 Å². The Balaban J connectivity index is 2.29. The fraction of sp³-hybridized carbons (Fsp3) is 0.278. The van der Waals surface area contributed by atoms with Gasteiger partial charge in [0.1, 0.15) is 0 Å². The third kappa shape index (κ3) is 3.93. The van der Waals surface area contributed by atoms with Crippen LogP contribution >= 0.6 is 7.37 Å². The number of benzene rings is 2. The molecule has 2 aromatic carbocycles. The highest BCUT2D eigenvalue weighted by molar-refractivity contribution is 7.59. The molecule has 0 aromatic heterocycles. The van der Waals surface area contributed by atoms with Crippen LogP contribution in [0.1, 0.15) is 30.4 Å². The molecule has 0 radical (unpaired) electrons. The molecule has 0 spiro atoms. The first-order valence-corrected chi connectivity index (χ1v) is 9.54. The average molecular weight is 347 g/mol. The zero-order chi connectivity index (χ0) is 17.8. The van der Waals surface area contributed by atoms with E-state index < -0.39 is 18.6 Å². The smallest absolute Gasteiger partial charge is 0.333 e. The zero-order valence-corrected chi connectivity index (χ0v) is 14.4. The lowest BCUT2D eigenvalue weighted by molar-refractivity contribution is -0.140. The van der Waals surface area contributed by atoms with Crippen LogP contribution in [0.5, 0.6) is 0 Å². The first kappa shape index (κ1) is 18.4. The minimum absolute atomic E-state index is 0.118. The molecule has 0 heterocycles. The summed E-state index contributed by atoms with van der Waals surface area (Å²) < 4.78 is 12.9. The van der Waals surface area contributed by atoms with E-state index in [4.69, 9.17) is 5.73 Å². The fourth-order valence-electron chi connectivity index (χ4n) is 2.72. The minimum Gasteiger partial charge on any atom is -0.479 e. The summed E-state index contributed by atoms with van der Waals surface area (Å²) in [5.74, 6) is -1.71. The van der Waals surface area contributed by atoms with Crippen LogP contribution in [0.25, 0.3) is 0 Å². The zero-order valence-electron chi connectivity index (χ0n) is 13.5. The highest BCUT2D eigenvalue weighted by Gasteiger charge is 2.51. The number of carboxylic acids is 1. The van der Waals surface area contributed by atoms with E-state index in [0.29, 0.717) is 5.56 Å². The van der Waals surface area contributed by atoms with Gasteiger partial charge in [0.05, 0.1) is 6.16 Å². The van der Waals surface area contributed by atoms with Crippen LogP contribution in [0, 0.1) is 0 Å². The molecule has 0 bridgehead atoms. The van der Waals surface area contributed by atoms with Gasteiger partial charge >= 0.3 is 5.97 Å². The molecule has 0 aliphatic carbocycles. The Labute approximate surface area is 141 Å². The number of aliphatic carboxylic acids is 1. The molecule has 128 valence electrons. The monoisotopic (exact) mass is 347 g/mol. The molecule has 4 N–H and O–H groups in total. The van der Waals surface area contributed by atoms with E-state index in [1.807, 2.05) is 37.3 Å². The maximum atomic E-state index is 12.9. The fourth-order valence-corrected chi connectivity index (χ4v) is 4.56. The Morgan fingerprint density at radius 1 is 1.12 bits per heavy atom. The lowest BCUT2D eigenvalue weighted by Crippen LogP contribution is -2.48. The molecule has 2 aromatic rings. The predicted molar refractivity (Wildman–Crippen MR) is 94.0 cm³/mol. The van der Waals surface area contributed by atoms with Gasteiger partial charge in [-0.25, -0.2) is 4.79 Å². The Kier molecular flexibility index (Phi) is 5.60. The minimum atomic E-state index is -4.19. The van der Waals surface area contributed by atoms with Crippen molar-refractivity contribution in [2.24, 2.45) is 5.73 Å². The molecule has 24 heavy (non-hydrogen) atoms. The third-order valence-electron chi connectivity index (χ3n) is 4.22. The van der Waals surface area contributed by atoms with Crippen molar-refractivity contribution >= 4 is 13.3 Å². The average Bonchev–Trinajstić information content (AvgIpc) is 2.55. The van der Waals surface area contributed by atoms with Crippen LogP contribution in [0.3, 0.4) is 0 Å². The van der Waals surface area contributed by atoms with Crippen LogP contribution in [-0.4, -0.2) is 21.2 Å². The van der Waals surface area contributed by atoms with Gasteiger partial charge in [0.2, 0.25) is 7.37 Å². The van der Waals surface area contributed by atoms with E-state index in [1.54, 1.807) is 30.3 Å². The number of nitrogens with two attached hydrogens (primary N) is 1. The second-order valence-corrected chi connectivity index (χ2v) is 8.61. The molecular weight excluding hydrogens is 325 g/mol. The number of hydrogen-bond acceptors (Lipinski definition) is 3. The van der Waals surface area contributed by atoms with E-state index >= 15 is 0 Å². The lowest BCUT2D eigenvalue weighted by atomic mass is 9.94. The van der Waals surface area contributed by atoms with Crippen LogP contribution in [0.4, 0.5) is 0 Å². The van der Waals surface area contributed by atoms with Crippen molar-refractivity contribution in [2.75, 3.05) is 0 Å². The second-order valence-electron chi connectivity index (χ2n) is 6.09. The molecule has 6 heteroatoms. The van der Waals surface area contributed by atoms with Crippen molar-refractivity contribution in [1.29, 1.82) is 0 Å². The van der Waals surface area contributed by atoms with Crippen LogP contribution in [0.15, 0.2) is 60.7 Å². The molecule has 3 atom stereocenters. The van der Waals surface area contributed by atoms with E-state index in [2.05, 4.69) is 0 Å². The number of carbonyl (C=O) groups is 1. The van der Waals surface area contributed by atoms with Crippen molar-refractivity contribution in [3.63, 3.8) is 0 Å². The van der Waals surface area contributed by atoms with Gasteiger partial charge in [-0.2, -0.15) is 0 Å². The number of rotatable bonds is 7. The molecule has 0 saturated carbocycles. The van der Waals surface area contributed by atoms with Crippen molar-refractivity contribution in [2.45, 2.75) is 30.7 Å². The third-order valence-corrected chi connectivity index (χ3v) is 6.63. The summed E-state index contributed by atoms with van der Waals surface area (Å²) in [6.45, 7) is 1.81. The lowest BCUT2D eigenvalue weighted by Gasteiger charge is -2.32. The van der Waals surface area contributed by atoms with E-state index in [0.717, 1.165) is 5.56 Å². The van der Waals surface area contributed by atoms with Crippen LogP contribution < -0.4 is 5.73 Å². The Bertz CT molecular complexity index is 735. The molecule has 0 saturated heterocycles. The quantitative estimate of drug-likeness (QED) is 0.667. The highest BCUT2D eigenvalue weighted by Crippen LogP contribution is 2.57. The summed E-state index contributed by atoms with van der Waals surface area (Å²) in [5.41, 5.74) is 7.46. The van der Waals surface area contributed by atoms with Gasteiger partial charge in [-0.1, -0.05) is 67.6 Å². The molecule has 0 aliphatic rings. The Hall–Kier alpha value is -1.94. The first-order chi connectivity index (χ1) is 11.3. The van der Waals surface area contributed by atoms with Crippen molar-refractivity contribution in [3.8, 4) is 0 Å². The molecule has 0 aliphatic heterocycles. The van der Waals surface area contributed by atoms with E-state index in [9.17, 15) is 19.4 Å². The van der Waals surface area contributed by atoms with Crippen molar-refractivity contribution in [3.05, 3.63) is 71.8 Å². The summed E-state index contributed by atoms with van der Waals surface area (Å²) in [7, 11) is -4.19. The van der Waals surface area contributed by atoms with Gasteiger partial charge in [0, 0.05) is 0 Å². The number of carboxylic acid groups (broad SMARTS) is 1. The molecular formula is C18H22NO4P. The summed E-state index contributed by atoms with van der Waals surface area (Å²) in [5, 5.41) is 7.39. The second kappa shape index (κ2) is 7.31. The van der Waals surface area contributed by atoms with E-state index in [-0.39, 0.29) is 18.5 Å². The van der Waals surface area contributed by atoms with Gasteiger partial charge in [-0.05, 0) is 23.5 Å². The predicted octanol–water partition coefficient (Wildman–Crippen LogP) is 3.39. The van der Waals surface area contributed by atoms with Gasteiger partial charge < -0.3 is 15.7 Å². The first-order valence-electron chi connectivity index (χ1n) is 7.69. The van der Waals surface area contributed by atoms with Gasteiger partial charge in [0.15, 0.2) is 5.28 Å². The Morgan fingerprint density at radius 2 is 1.62 bits per heavy atom. The Morgan fingerprint density at radius 3 is 2.12 bits per heavy atom. The molecule has 0 fully saturated rings. The van der Waals surface area contributed by atoms with Gasteiger partial charge in [0.25, 0.3) is 0 Å². The largest absolute Gasteiger partial charge is 0.479 e. The molecule has 2 rings (SSSR count). The topological polar surface area (TPSA) is 101 Å². The maximum absolute atomic E-state index is 12.9. The van der Waals surface area contributed by atoms with Gasteiger partial charge in [-0.15, -0.1) is 0 Å². The normalized spacial score (nSPS) is 17.5.